The molecule has 1 aromatic carbocycles. The number of hydrogen-bond donors (Lipinski definition) is 3. The van der Waals surface area contributed by atoms with Gasteiger partial charge in [0.25, 0.3) is 0 Å². The summed E-state index contributed by atoms with van der Waals surface area (Å²) in [5.74, 6) is 0.354. The van der Waals surface area contributed by atoms with Crippen LogP contribution in [-0.4, -0.2) is 61.4 Å². The highest BCUT2D eigenvalue weighted by atomic mass is 16.7. The number of carbonyl (C=O) groups excluding carboxylic acids is 1. The van der Waals surface area contributed by atoms with Crippen LogP contribution in [0.25, 0.3) is 0 Å². The van der Waals surface area contributed by atoms with Crippen LogP contribution < -0.4 is 4.74 Å². The minimum absolute atomic E-state index is 0.0370. The molecule has 0 aliphatic carbocycles. The van der Waals surface area contributed by atoms with Crippen molar-refractivity contribution in [2.75, 3.05) is 33.5 Å². The van der Waals surface area contributed by atoms with Crippen molar-refractivity contribution in [1.29, 1.82) is 0 Å². The molecule has 0 atom stereocenters. The van der Waals surface area contributed by atoms with Gasteiger partial charge in [-0.05, 0) is 51.8 Å². The first-order valence-electron chi connectivity index (χ1n) is 12.2. The van der Waals surface area contributed by atoms with Gasteiger partial charge < -0.3 is 29.5 Å². The Kier molecular flexibility index (Phi) is 33.0. The van der Waals surface area contributed by atoms with E-state index in [2.05, 4.69) is 13.8 Å². The molecular weight excluding hydrogens is 424 g/mol. The number of benzene rings is 1. The number of unbranched alkanes of at least 4 members (excludes halogenated alkanes) is 6. The van der Waals surface area contributed by atoms with Crippen molar-refractivity contribution in [3.05, 3.63) is 23.8 Å². The number of rotatable bonds is 14. The van der Waals surface area contributed by atoms with Crippen molar-refractivity contribution >= 4 is 6.29 Å². The van der Waals surface area contributed by atoms with Crippen molar-refractivity contribution < 1.29 is 34.3 Å². The largest absolute Gasteiger partial charge is 0.504 e. The molecule has 3 N–H and O–H groups in total. The van der Waals surface area contributed by atoms with Crippen LogP contribution in [0.4, 0.5) is 0 Å². The van der Waals surface area contributed by atoms with E-state index in [4.69, 9.17) is 29.5 Å². The molecule has 0 aliphatic rings. The van der Waals surface area contributed by atoms with E-state index >= 15 is 0 Å². The fourth-order valence-electron chi connectivity index (χ4n) is 2.36. The van der Waals surface area contributed by atoms with Crippen LogP contribution in [0.15, 0.2) is 18.2 Å². The van der Waals surface area contributed by atoms with E-state index in [0.717, 1.165) is 26.1 Å². The molecule has 0 bridgehead atoms. The van der Waals surface area contributed by atoms with E-state index in [1.807, 2.05) is 20.8 Å². The Bertz CT molecular complexity index is 485. The van der Waals surface area contributed by atoms with E-state index in [9.17, 15) is 4.79 Å². The fourth-order valence-corrected chi connectivity index (χ4v) is 2.36. The van der Waals surface area contributed by atoms with Gasteiger partial charge in [-0.15, -0.1) is 0 Å². The molecular formula is C26H50O7. The summed E-state index contributed by atoms with van der Waals surface area (Å²) in [4.78, 5) is 10.2. The summed E-state index contributed by atoms with van der Waals surface area (Å²) in [7, 11) is 1.43. The third-order valence-corrected chi connectivity index (χ3v) is 4.17. The second-order valence-electron chi connectivity index (χ2n) is 7.10. The zero-order chi connectivity index (χ0) is 25.7. The Balaban J connectivity index is -0.000000372. The highest BCUT2D eigenvalue weighted by Crippen LogP contribution is 2.25. The fraction of sp³-hybridized carbons (Fsp3) is 0.731. The lowest BCUT2D eigenvalue weighted by Gasteiger charge is -2.09. The Morgan fingerprint density at radius 1 is 0.848 bits per heavy atom. The third kappa shape index (κ3) is 28.3. The topological polar surface area (TPSA) is 105 Å². The van der Waals surface area contributed by atoms with Crippen LogP contribution in [0.3, 0.4) is 0 Å². The molecule has 0 heterocycles. The third-order valence-electron chi connectivity index (χ3n) is 4.17. The maximum absolute atomic E-state index is 10.2. The van der Waals surface area contributed by atoms with Crippen LogP contribution in [-0.2, 0) is 9.47 Å². The highest BCUT2D eigenvalue weighted by molar-refractivity contribution is 5.76. The van der Waals surface area contributed by atoms with Gasteiger partial charge in [0.15, 0.2) is 17.8 Å². The first kappa shape index (κ1) is 35.9. The first-order valence-corrected chi connectivity index (χ1v) is 12.2. The first-order chi connectivity index (χ1) is 15.9. The number of ether oxygens (including phenoxy) is 3. The molecule has 0 spiro atoms. The molecule has 0 aliphatic heterocycles. The predicted octanol–water partition coefficient (Wildman–Crippen LogP) is 5.74. The molecule has 0 amide bonds. The molecule has 33 heavy (non-hydrogen) atoms. The summed E-state index contributed by atoms with van der Waals surface area (Å²) in [6, 6.07) is 4.41. The molecule has 7 heteroatoms. The Hall–Kier alpha value is -1.67. The molecule has 0 saturated carbocycles. The SMILES string of the molecule is CCCCCCO.CCCCCCO.CCOC(C)OCC.COc1cc(C=O)ccc1O. The Labute approximate surface area is 202 Å². The van der Waals surface area contributed by atoms with E-state index in [0.29, 0.717) is 30.8 Å². The predicted molar refractivity (Wildman–Crippen MR) is 135 cm³/mol. The van der Waals surface area contributed by atoms with Crippen LogP contribution in [0.1, 0.15) is 96.3 Å². The van der Waals surface area contributed by atoms with Gasteiger partial charge in [0.2, 0.25) is 0 Å². The lowest BCUT2D eigenvalue weighted by Crippen LogP contribution is -2.11. The molecule has 1 aromatic rings. The van der Waals surface area contributed by atoms with Gasteiger partial charge in [0, 0.05) is 32.0 Å². The number of hydrogen-bond acceptors (Lipinski definition) is 7. The molecule has 0 aromatic heterocycles. The molecule has 196 valence electrons. The number of carbonyl (C=O) groups is 1. The van der Waals surface area contributed by atoms with Crippen molar-refractivity contribution in [3.63, 3.8) is 0 Å². The van der Waals surface area contributed by atoms with Crippen LogP contribution in [0.2, 0.25) is 0 Å². The summed E-state index contributed by atoms with van der Waals surface area (Å²) in [6.45, 7) is 12.3. The Morgan fingerprint density at radius 2 is 1.33 bits per heavy atom. The van der Waals surface area contributed by atoms with Crippen molar-refractivity contribution in [3.8, 4) is 11.5 Å². The van der Waals surface area contributed by atoms with E-state index in [-0.39, 0.29) is 12.0 Å². The molecule has 0 fully saturated rings. The summed E-state index contributed by atoms with van der Waals surface area (Å²) in [6.07, 6.45) is 10.0. The molecule has 0 unspecified atom stereocenters. The smallest absolute Gasteiger partial charge is 0.161 e. The van der Waals surface area contributed by atoms with E-state index in [1.165, 1.54) is 63.8 Å². The number of aliphatic hydroxyl groups excluding tert-OH is 2. The normalized spacial score (nSPS) is 9.61. The second-order valence-corrected chi connectivity index (χ2v) is 7.10. The standard InChI is InChI=1S/C8H8O3.C6H14O2.2C6H14O/c1-11-8-4-6(5-9)2-3-7(8)10;1-4-7-6(3)8-5-2;2*1-2-3-4-5-6-7/h2-5,10H,1H3;6H,4-5H2,1-3H3;2*7H,2-6H2,1H3. The van der Waals surface area contributed by atoms with Crippen molar-refractivity contribution in [2.45, 2.75) is 92.3 Å². The molecule has 7 nitrogen and oxygen atoms in total. The zero-order valence-electron chi connectivity index (χ0n) is 21.8. The number of phenolic OH excluding ortho intramolecular Hbond substituents is 1. The molecule has 1 rings (SSSR count). The zero-order valence-corrected chi connectivity index (χ0v) is 21.8. The van der Waals surface area contributed by atoms with E-state index in [1.54, 1.807) is 0 Å². The number of aliphatic hydroxyl groups is 2. The van der Waals surface area contributed by atoms with Crippen LogP contribution in [0.5, 0.6) is 11.5 Å². The minimum atomic E-state index is -0.0370. The molecule has 0 radical (unpaired) electrons. The number of aldehydes is 1. The summed E-state index contributed by atoms with van der Waals surface area (Å²) in [5.41, 5.74) is 0.486. The Morgan fingerprint density at radius 3 is 1.67 bits per heavy atom. The van der Waals surface area contributed by atoms with Crippen molar-refractivity contribution in [1.82, 2.24) is 0 Å². The summed E-state index contributed by atoms with van der Waals surface area (Å²) < 4.78 is 14.9. The van der Waals surface area contributed by atoms with Gasteiger partial charge in [0.05, 0.1) is 7.11 Å². The minimum Gasteiger partial charge on any atom is -0.504 e. The number of phenols is 1. The van der Waals surface area contributed by atoms with Gasteiger partial charge in [-0.25, -0.2) is 0 Å². The number of aromatic hydroxyl groups is 1. The quantitative estimate of drug-likeness (QED) is 0.179. The highest BCUT2D eigenvalue weighted by Gasteiger charge is 2.00. The number of methoxy groups -OCH3 is 1. The van der Waals surface area contributed by atoms with Gasteiger partial charge in [0.1, 0.15) is 6.29 Å². The van der Waals surface area contributed by atoms with Gasteiger partial charge in [-0.1, -0.05) is 52.4 Å². The average molecular weight is 475 g/mol. The summed E-state index contributed by atoms with van der Waals surface area (Å²) >= 11 is 0. The van der Waals surface area contributed by atoms with Crippen LogP contribution >= 0.6 is 0 Å². The lowest BCUT2D eigenvalue weighted by atomic mass is 10.2. The van der Waals surface area contributed by atoms with Gasteiger partial charge in [-0.3, -0.25) is 4.79 Å². The average Bonchev–Trinajstić information content (AvgIpc) is 2.82. The monoisotopic (exact) mass is 474 g/mol. The maximum atomic E-state index is 10.2. The maximum Gasteiger partial charge on any atom is 0.161 e. The lowest BCUT2D eigenvalue weighted by molar-refractivity contribution is -0.123. The second kappa shape index (κ2) is 30.3. The molecule has 0 saturated heterocycles. The van der Waals surface area contributed by atoms with E-state index < -0.39 is 0 Å². The van der Waals surface area contributed by atoms with Gasteiger partial charge >= 0.3 is 0 Å². The van der Waals surface area contributed by atoms with Crippen molar-refractivity contribution in [2.24, 2.45) is 0 Å². The summed E-state index contributed by atoms with van der Waals surface area (Å²) in [5, 5.41) is 25.7. The van der Waals surface area contributed by atoms with Gasteiger partial charge in [-0.2, -0.15) is 0 Å². The van der Waals surface area contributed by atoms with Crippen LogP contribution in [0, 0.1) is 0 Å².